The summed E-state index contributed by atoms with van der Waals surface area (Å²) in [7, 11) is 0. The van der Waals surface area contributed by atoms with E-state index < -0.39 is 5.97 Å². The molecule has 0 aromatic heterocycles. The van der Waals surface area contributed by atoms with Gasteiger partial charge in [0.05, 0.1) is 6.42 Å². The Bertz CT molecular complexity index is 313. The van der Waals surface area contributed by atoms with E-state index in [4.69, 9.17) is 0 Å². The molecule has 0 saturated heterocycles. The topological polar surface area (TPSA) is 40.5 Å². The van der Waals surface area contributed by atoms with Crippen LogP contribution in [0.5, 0.6) is 0 Å². The second-order valence-corrected chi connectivity index (χ2v) is 7.08. The van der Waals surface area contributed by atoms with Crippen molar-refractivity contribution < 1.29 is 9.90 Å². The first-order chi connectivity index (χ1) is 9.31. The Morgan fingerprint density at radius 3 is 2.05 bits per heavy atom. The lowest BCUT2D eigenvalue weighted by Crippen LogP contribution is -2.53. The number of hydrogen-bond donors (Lipinski definition) is 1. The number of carboxylic acids is 1. The molecule has 1 fully saturated rings. The molecule has 1 aliphatic carbocycles. The van der Waals surface area contributed by atoms with Crippen molar-refractivity contribution in [2.24, 2.45) is 11.3 Å². The highest BCUT2D eigenvalue weighted by atomic mass is 16.4. The van der Waals surface area contributed by atoms with E-state index in [2.05, 4.69) is 39.5 Å². The molecule has 1 saturated carbocycles. The summed E-state index contributed by atoms with van der Waals surface area (Å²) in [6, 6.07) is 0. The fraction of sp³-hybridized carbons (Fsp3) is 0.941. The zero-order valence-corrected chi connectivity index (χ0v) is 14.0. The zero-order chi connectivity index (χ0) is 15.4. The van der Waals surface area contributed by atoms with Crippen LogP contribution in [0.15, 0.2) is 0 Å². The summed E-state index contributed by atoms with van der Waals surface area (Å²) in [6.07, 6.45) is 5.92. The largest absolute Gasteiger partial charge is 0.481 e. The maximum atomic E-state index is 11.3. The Morgan fingerprint density at radius 2 is 1.70 bits per heavy atom. The van der Waals surface area contributed by atoms with Crippen LogP contribution in [0.3, 0.4) is 0 Å². The summed E-state index contributed by atoms with van der Waals surface area (Å²) in [6.45, 7) is 13.2. The first-order valence-corrected chi connectivity index (χ1v) is 8.28. The minimum absolute atomic E-state index is 0.102. The third-order valence-corrected chi connectivity index (χ3v) is 5.85. The lowest BCUT2D eigenvalue weighted by Gasteiger charge is -2.49. The Hall–Kier alpha value is -0.570. The van der Waals surface area contributed by atoms with E-state index in [1.54, 1.807) is 0 Å². The maximum absolute atomic E-state index is 11.3. The number of nitrogens with zero attached hydrogens (tertiary/aromatic N) is 1. The van der Waals surface area contributed by atoms with Crippen molar-refractivity contribution >= 4 is 5.97 Å². The molecule has 0 aromatic carbocycles. The normalized spacial score (nSPS) is 27.8. The van der Waals surface area contributed by atoms with Crippen molar-refractivity contribution in [3.05, 3.63) is 0 Å². The van der Waals surface area contributed by atoms with E-state index in [0.717, 1.165) is 31.8 Å². The quantitative estimate of drug-likeness (QED) is 0.762. The smallest absolute Gasteiger partial charge is 0.305 e. The van der Waals surface area contributed by atoms with Gasteiger partial charge in [-0.15, -0.1) is 0 Å². The van der Waals surface area contributed by atoms with E-state index in [0.29, 0.717) is 11.8 Å². The van der Waals surface area contributed by atoms with E-state index in [9.17, 15) is 9.90 Å². The van der Waals surface area contributed by atoms with Crippen LogP contribution in [0.2, 0.25) is 0 Å². The summed E-state index contributed by atoms with van der Waals surface area (Å²) < 4.78 is 0. The highest BCUT2D eigenvalue weighted by molar-refractivity contribution is 5.68. The van der Waals surface area contributed by atoms with Crippen LogP contribution < -0.4 is 0 Å². The van der Waals surface area contributed by atoms with Gasteiger partial charge in [0, 0.05) is 5.54 Å². The van der Waals surface area contributed by atoms with Crippen LogP contribution in [0.1, 0.15) is 73.1 Å². The third-order valence-electron chi connectivity index (χ3n) is 5.85. The first-order valence-electron chi connectivity index (χ1n) is 8.28. The summed E-state index contributed by atoms with van der Waals surface area (Å²) in [5.41, 5.74) is 0.286. The molecule has 0 amide bonds. The lowest BCUT2D eigenvalue weighted by atomic mass is 9.64. The van der Waals surface area contributed by atoms with Crippen molar-refractivity contribution in [3.63, 3.8) is 0 Å². The molecule has 3 heteroatoms. The van der Waals surface area contributed by atoms with Gasteiger partial charge in [-0.2, -0.15) is 0 Å². The van der Waals surface area contributed by atoms with E-state index in [1.165, 1.54) is 19.3 Å². The molecular formula is C17H33NO2. The average Bonchev–Trinajstić information content (AvgIpc) is 2.40. The number of hydrogen-bond acceptors (Lipinski definition) is 2. The average molecular weight is 283 g/mol. The molecule has 0 atom stereocenters. The van der Waals surface area contributed by atoms with Crippen molar-refractivity contribution in [3.8, 4) is 0 Å². The van der Waals surface area contributed by atoms with Gasteiger partial charge in [-0.1, -0.05) is 41.0 Å². The second-order valence-electron chi connectivity index (χ2n) is 7.08. The predicted molar refractivity (Wildman–Crippen MR) is 83.9 cm³/mol. The highest BCUT2D eigenvalue weighted by Gasteiger charge is 2.43. The first kappa shape index (κ1) is 17.5. The zero-order valence-electron chi connectivity index (χ0n) is 14.0. The van der Waals surface area contributed by atoms with Gasteiger partial charge in [0.1, 0.15) is 0 Å². The molecule has 1 aliphatic rings. The number of carbonyl (C=O) groups is 1. The summed E-state index contributed by atoms with van der Waals surface area (Å²) in [4.78, 5) is 13.7. The van der Waals surface area contributed by atoms with Gasteiger partial charge in [-0.25, -0.2) is 0 Å². The fourth-order valence-electron chi connectivity index (χ4n) is 4.01. The van der Waals surface area contributed by atoms with Crippen molar-refractivity contribution in [2.45, 2.75) is 78.7 Å². The molecule has 0 aliphatic heterocycles. The Kier molecular flexibility index (Phi) is 6.06. The van der Waals surface area contributed by atoms with Gasteiger partial charge in [0.25, 0.3) is 0 Å². The van der Waals surface area contributed by atoms with Crippen LogP contribution >= 0.6 is 0 Å². The SMILES string of the molecule is CCN(CC)C1(CC(=O)O)CCC(C(C)(C)CC)CC1. The molecule has 118 valence electrons. The number of aliphatic carboxylic acids is 1. The molecule has 3 nitrogen and oxygen atoms in total. The molecule has 0 radical (unpaired) electrons. The summed E-state index contributed by atoms with van der Waals surface area (Å²) in [5.74, 6) is 0.0927. The predicted octanol–water partition coefficient (Wildman–Crippen LogP) is 4.17. The van der Waals surface area contributed by atoms with Gasteiger partial charge in [0.2, 0.25) is 0 Å². The van der Waals surface area contributed by atoms with Gasteiger partial charge < -0.3 is 5.11 Å². The molecule has 0 aromatic rings. The molecule has 0 bridgehead atoms. The molecule has 20 heavy (non-hydrogen) atoms. The van der Waals surface area contributed by atoms with Crippen LogP contribution in [-0.2, 0) is 4.79 Å². The highest BCUT2D eigenvalue weighted by Crippen LogP contribution is 2.46. The molecule has 0 unspecified atom stereocenters. The van der Waals surface area contributed by atoms with Crippen molar-refractivity contribution in [2.75, 3.05) is 13.1 Å². The lowest BCUT2D eigenvalue weighted by molar-refractivity contribution is -0.141. The Balaban J connectivity index is 2.83. The van der Waals surface area contributed by atoms with E-state index in [1.807, 2.05) is 0 Å². The molecule has 0 heterocycles. The monoisotopic (exact) mass is 283 g/mol. The standard InChI is InChI=1S/C17H33NO2/c1-6-16(4,5)14-9-11-17(12-10-14,13-15(19)20)18(7-2)8-3/h14H,6-13H2,1-5H3,(H,19,20). The van der Waals surface area contributed by atoms with Crippen LogP contribution in [-0.4, -0.2) is 34.6 Å². The van der Waals surface area contributed by atoms with E-state index >= 15 is 0 Å². The fourth-order valence-corrected chi connectivity index (χ4v) is 4.01. The van der Waals surface area contributed by atoms with Crippen molar-refractivity contribution in [1.29, 1.82) is 0 Å². The van der Waals surface area contributed by atoms with Crippen LogP contribution in [0.4, 0.5) is 0 Å². The summed E-state index contributed by atoms with van der Waals surface area (Å²) in [5, 5.41) is 9.32. The molecule has 0 spiro atoms. The number of rotatable bonds is 7. The third kappa shape index (κ3) is 3.75. The molecule has 1 N–H and O–H groups in total. The second kappa shape index (κ2) is 6.93. The van der Waals surface area contributed by atoms with Gasteiger partial charge in [0.15, 0.2) is 0 Å². The van der Waals surface area contributed by atoms with Gasteiger partial charge in [-0.3, -0.25) is 9.69 Å². The minimum Gasteiger partial charge on any atom is -0.481 e. The Morgan fingerprint density at radius 1 is 1.20 bits per heavy atom. The minimum atomic E-state index is -0.648. The van der Waals surface area contributed by atoms with Crippen LogP contribution in [0, 0.1) is 11.3 Å². The number of carboxylic acid groups (broad SMARTS) is 1. The molecule has 1 rings (SSSR count). The van der Waals surface area contributed by atoms with Crippen LogP contribution in [0.25, 0.3) is 0 Å². The van der Waals surface area contributed by atoms with Gasteiger partial charge in [-0.05, 0) is 50.1 Å². The van der Waals surface area contributed by atoms with Crippen molar-refractivity contribution in [1.82, 2.24) is 4.90 Å². The maximum Gasteiger partial charge on any atom is 0.305 e. The van der Waals surface area contributed by atoms with E-state index in [-0.39, 0.29) is 5.54 Å². The summed E-state index contributed by atoms with van der Waals surface area (Å²) >= 11 is 0. The van der Waals surface area contributed by atoms with Gasteiger partial charge >= 0.3 is 5.97 Å². The Labute approximate surface area is 124 Å². The molecular weight excluding hydrogens is 250 g/mol.